The maximum Gasteiger partial charge on any atom is 0.241 e. The average molecular weight is 301 g/mol. The SMILES string of the molecule is Cc1c(N)cc(S(=O)(=O)NCc2cscn2)cc1F. The van der Waals surface area contributed by atoms with E-state index in [0.717, 1.165) is 6.07 Å². The molecule has 1 aromatic carbocycles. The Bertz CT molecular complexity index is 661. The summed E-state index contributed by atoms with van der Waals surface area (Å²) in [6.07, 6.45) is 0. The fraction of sp³-hybridized carbons (Fsp3) is 0.182. The molecule has 102 valence electrons. The van der Waals surface area contributed by atoms with Crippen LogP contribution in [0.5, 0.6) is 0 Å². The standard InChI is InChI=1S/C11H12FN3O2S2/c1-7-10(12)2-9(3-11(7)13)19(16,17)15-4-8-5-18-6-14-8/h2-3,5-6,15H,4,13H2,1H3. The van der Waals surface area contributed by atoms with E-state index in [0.29, 0.717) is 5.69 Å². The van der Waals surface area contributed by atoms with Crippen LogP contribution < -0.4 is 10.5 Å². The van der Waals surface area contributed by atoms with E-state index in [9.17, 15) is 12.8 Å². The highest BCUT2D eigenvalue weighted by molar-refractivity contribution is 7.89. The minimum absolute atomic E-state index is 0.0568. The Morgan fingerprint density at radius 3 is 2.79 bits per heavy atom. The van der Waals surface area contributed by atoms with E-state index in [1.807, 2.05) is 0 Å². The largest absolute Gasteiger partial charge is 0.398 e. The van der Waals surface area contributed by atoms with Crippen LogP contribution in [0.1, 0.15) is 11.3 Å². The van der Waals surface area contributed by atoms with Gasteiger partial charge < -0.3 is 5.73 Å². The van der Waals surface area contributed by atoms with Crippen molar-refractivity contribution in [3.05, 3.63) is 40.1 Å². The van der Waals surface area contributed by atoms with Gasteiger partial charge in [0.2, 0.25) is 10.0 Å². The van der Waals surface area contributed by atoms with Gasteiger partial charge in [-0.2, -0.15) is 0 Å². The number of hydrogen-bond donors (Lipinski definition) is 2. The second-order valence-corrected chi connectivity index (χ2v) is 6.41. The fourth-order valence-electron chi connectivity index (χ4n) is 1.41. The van der Waals surface area contributed by atoms with Gasteiger partial charge in [0, 0.05) is 16.6 Å². The Balaban J connectivity index is 2.24. The lowest BCUT2D eigenvalue weighted by molar-refractivity contribution is 0.576. The van der Waals surface area contributed by atoms with Crippen LogP contribution in [0.25, 0.3) is 0 Å². The zero-order valence-corrected chi connectivity index (χ0v) is 11.7. The predicted molar refractivity (Wildman–Crippen MR) is 71.7 cm³/mol. The van der Waals surface area contributed by atoms with Gasteiger partial charge in [-0.15, -0.1) is 11.3 Å². The summed E-state index contributed by atoms with van der Waals surface area (Å²) < 4.78 is 39.8. The maximum atomic E-state index is 13.5. The number of aromatic nitrogens is 1. The summed E-state index contributed by atoms with van der Waals surface area (Å²) in [5.74, 6) is -0.644. The summed E-state index contributed by atoms with van der Waals surface area (Å²) in [6.45, 7) is 1.55. The number of nitrogens with one attached hydrogen (secondary N) is 1. The molecule has 0 atom stereocenters. The van der Waals surface area contributed by atoms with Gasteiger partial charge >= 0.3 is 0 Å². The Labute approximate surface area is 114 Å². The summed E-state index contributed by atoms with van der Waals surface area (Å²) in [6, 6.07) is 2.19. The summed E-state index contributed by atoms with van der Waals surface area (Å²) in [5, 5.41) is 1.73. The van der Waals surface area contributed by atoms with E-state index in [2.05, 4.69) is 9.71 Å². The van der Waals surface area contributed by atoms with Crippen molar-refractivity contribution in [1.82, 2.24) is 9.71 Å². The lowest BCUT2D eigenvalue weighted by Crippen LogP contribution is -2.23. The smallest absolute Gasteiger partial charge is 0.241 e. The highest BCUT2D eigenvalue weighted by Crippen LogP contribution is 2.21. The molecule has 2 rings (SSSR count). The molecule has 2 aromatic rings. The van der Waals surface area contributed by atoms with Crippen molar-refractivity contribution in [3.63, 3.8) is 0 Å². The van der Waals surface area contributed by atoms with Crippen molar-refractivity contribution >= 4 is 27.0 Å². The van der Waals surface area contributed by atoms with Gasteiger partial charge in [0.1, 0.15) is 5.82 Å². The predicted octanol–water partition coefficient (Wildman–Crippen LogP) is 1.65. The molecule has 0 aliphatic heterocycles. The summed E-state index contributed by atoms with van der Waals surface area (Å²) >= 11 is 1.37. The first-order valence-electron chi connectivity index (χ1n) is 5.32. The molecular weight excluding hydrogens is 289 g/mol. The molecule has 8 heteroatoms. The number of nitrogen functional groups attached to an aromatic ring is 1. The van der Waals surface area contributed by atoms with E-state index in [1.165, 1.54) is 24.3 Å². The first-order chi connectivity index (χ1) is 8.90. The molecule has 0 saturated heterocycles. The second kappa shape index (κ2) is 5.24. The Kier molecular flexibility index (Phi) is 3.83. The number of rotatable bonds is 4. The van der Waals surface area contributed by atoms with Crippen LogP contribution in [-0.2, 0) is 16.6 Å². The number of nitrogens with two attached hydrogens (primary N) is 1. The van der Waals surface area contributed by atoms with Crippen LogP contribution in [0, 0.1) is 12.7 Å². The van der Waals surface area contributed by atoms with Gasteiger partial charge in [0.25, 0.3) is 0 Å². The van der Waals surface area contributed by atoms with E-state index in [1.54, 1.807) is 10.9 Å². The lowest BCUT2D eigenvalue weighted by Gasteiger charge is -2.08. The van der Waals surface area contributed by atoms with Gasteiger partial charge in [-0.1, -0.05) is 0 Å². The first-order valence-corrected chi connectivity index (χ1v) is 7.75. The van der Waals surface area contributed by atoms with E-state index < -0.39 is 15.8 Å². The molecule has 0 unspecified atom stereocenters. The molecule has 5 nitrogen and oxygen atoms in total. The number of anilines is 1. The molecule has 0 aliphatic carbocycles. The number of benzene rings is 1. The molecule has 1 aromatic heterocycles. The number of halogens is 1. The van der Waals surface area contributed by atoms with Crippen molar-refractivity contribution in [1.29, 1.82) is 0 Å². The topological polar surface area (TPSA) is 85.1 Å². The summed E-state index contributed by atoms with van der Waals surface area (Å²) in [7, 11) is -3.80. The van der Waals surface area contributed by atoms with E-state index in [4.69, 9.17) is 5.73 Å². The molecule has 0 aliphatic rings. The van der Waals surface area contributed by atoms with Gasteiger partial charge in [-0.3, -0.25) is 0 Å². The highest BCUT2D eigenvalue weighted by Gasteiger charge is 2.17. The van der Waals surface area contributed by atoms with Crippen LogP contribution in [0.4, 0.5) is 10.1 Å². The van der Waals surface area contributed by atoms with Crippen molar-refractivity contribution in [2.75, 3.05) is 5.73 Å². The minimum atomic E-state index is -3.80. The van der Waals surface area contributed by atoms with Crippen molar-refractivity contribution in [2.45, 2.75) is 18.4 Å². The normalized spacial score (nSPS) is 11.7. The number of sulfonamides is 1. The molecule has 19 heavy (non-hydrogen) atoms. The van der Waals surface area contributed by atoms with E-state index in [-0.39, 0.29) is 22.7 Å². The van der Waals surface area contributed by atoms with Crippen molar-refractivity contribution in [3.8, 4) is 0 Å². The minimum Gasteiger partial charge on any atom is -0.398 e. The molecule has 0 radical (unpaired) electrons. The molecule has 0 saturated carbocycles. The Hall–Kier alpha value is -1.51. The van der Waals surface area contributed by atoms with Crippen LogP contribution in [-0.4, -0.2) is 13.4 Å². The monoisotopic (exact) mass is 301 g/mol. The molecule has 0 spiro atoms. The van der Waals surface area contributed by atoms with Gasteiger partial charge in [0.05, 0.1) is 22.6 Å². The number of nitrogens with zero attached hydrogens (tertiary/aromatic N) is 1. The molecule has 0 bridgehead atoms. The molecule has 0 amide bonds. The Morgan fingerprint density at radius 2 is 2.21 bits per heavy atom. The molecule has 3 N–H and O–H groups in total. The second-order valence-electron chi connectivity index (χ2n) is 3.92. The zero-order valence-electron chi connectivity index (χ0n) is 10.1. The van der Waals surface area contributed by atoms with Gasteiger partial charge in [-0.05, 0) is 19.1 Å². The van der Waals surface area contributed by atoms with Crippen molar-refractivity contribution < 1.29 is 12.8 Å². The van der Waals surface area contributed by atoms with Crippen LogP contribution in [0.2, 0.25) is 0 Å². The number of thiazole rings is 1. The van der Waals surface area contributed by atoms with Crippen LogP contribution >= 0.6 is 11.3 Å². The third kappa shape index (κ3) is 3.09. The Morgan fingerprint density at radius 1 is 1.47 bits per heavy atom. The molecule has 0 fully saturated rings. The third-order valence-corrected chi connectivity index (χ3v) is 4.61. The maximum absolute atomic E-state index is 13.5. The summed E-state index contributed by atoms with van der Waals surface area (Å²) in [4.78, 5) is 3.76. The quantitative estimate of drug-likeness (QED) is 0.841. The highest BCUT2D eigenvalue weighted by atomic mass is 32.2. The lowest BCUT2D eigenvalue weighted by atomic mass is 10.2. The van der Waals surface area contributed by atoms with Gasteiger partial charge in [-0.25, -0.2) is 22.5 Å². The average Bonchev–Trinajstić information content (AvgIpc) is 2.86. The molecule has 1 heterocycles. The third-order valence-electron chi connectivity index (χ3n) is 2.60. The fourth-order valence-corrected chi connectivity index (χ4v) is 3.01. The van der Waals surface area contributed by atoms with E-state index >= 15 is 0 Å². The van der Waals surface area contributed by atoms with Crippen molar-refractivity contribution in [2.24, 2.45) is 0 Å². The number of hydrogen-bond acceptors (Lipinski definition) is 5. The van der Waals surface area contributed by atoms with Crippen LogP contribution in [0.15, 0.2) is 27.9 Å². The summed E-state index contributed by atoms with van der Waals surface area (Å²) in [5.41, 5.74) is 8.12. The van der Waals surface area contributed by atoms with Gasteiger partial charge in [0.15, 0.2) is 0 Å². The first kappa shape index (κ1) is 13.9. The zero-order chi connectivity index (χ0) is 14.0. The molecular formula is C11H12FN3O2S2. The van der Waals surface area contributed by atoms with Crippen LogP contribution in [0.3, 0.4) is 0 Å².